The monoisotopic (exact) mass is 242 g/mol. The Morgan fingerprint density at radius 3 is 1.65 bits per heavy atom. The van der Waals surface area contributed by atoms with Gasteiger partial charge in [0, 0.05) is 6.61 Å². The molecule has 0 heterocycles. The molecule has 1 heteroatoms. The number of hydrogen-bond acceptors (Lipinski definition) is 1. The Balaban J connectivity index is 2.99. The molecule has 0 aromatic heterocycles. The molecule has 0 N–H and O–H groups in total. The second kappa shape index (κ2) is 11.1. The molecule has 0 rings (SSSR count). The number of unbranched alkanes of at least 4 members (excludes halogenated alkanes) is 8. The normalized spacial score (nSPS) is 12.0. The Morgan fingerprint density at radius 2 is 1.18 bits per heavy atom. The molecular formula is C16H34O. The summed E-state index contributed by atoms with van der Waals surface area (Å²) in [4.78, 5) is 0. The zero-order valence-electron chi connectivity index (χ0n) is 12.7. The van der Waals surface area contributed by atoms with Gasteiger partial charge in [-0.1, -0.05) is 79.1 Å². The van der Waals surface area contributed by atoms with Crippen LogP contribution in [0.1, 0.15) is 85.5 Å². The molecule has 0 aliphatic rings. The van der Waals surface area contributed by atoms with Crippen molar-refractivity contribution in [3.05, 3.63) is 0 Å². The Morgan fingerprint density at radius 1 is 0.706 bits per heavy atom. The molecule has 0 unspecified atom stereocenters. The maximum absolute atomic E-state index is 5.66. The van der Waals surface area contributed by atoms with Gasteiger partial charge in [0.25, 0.3) is 0 Å². The van der Waals surface area contributed by atoms with Gasteiger partial charge in [0.2, 0.25) is 0 Å². The highest BCUT2D eigenvalue weighted by Gasteiger charge is 2.09. The van der Waals surface area contributed by atoms with E-state index >= 15 is 0 Å². The third-order valence-electron chi connectivity index (χ3n) is 2.93. The van der Waals surface area contributed by atoms with E-state index in [1.165, 1.54) is 57.8 Å². The van der Waals surface area contributed by atoms with Gasteiger partial charge < -0.3 is 4.74 Å². The van der Waals surface area contributed by atoms with Gasteiger partial charge in [-0.05, 0) is 11.8 Å². The van der Waals surface area contributed by atoms with Gasteiger partial charge in [-0.15, -0.1) is 0 Å². The van der Waals surface area contributed by atoms with E-state index in [4.69, 9.17) is 4.74 Å². The van der Waals surface area contributed by atoms with E-state index in [1.807, 2.05) is 0 Å². The van der Waals surface area contributed by atoms with Crippen LogP contribution in [-0.2, 0) is 4.74 Å². The largest absolute Gasteiger partial charge is 0.381 e. The molecule has 0 saturated heterocycles. The number of hydrogen-bond donors (Lipinski definition) is 0. The number of ether oxygens (including phenoxy) is 1. The maximum Gasteiger partial charge on any atom is 0.0514 e. The predicted molar refractivity (Wildman–Crippen MR) is 77.5 cm³/mol. The molecular weight excluding hydrogens is 208 g/mol. The molecule has 0 aliphatic heterocycles. The molecule has 104 valence electrons. The van der Waals surface area contributed by atoms with Gasteiger partial charge in [-0.2, -0.15) is 0 Å². The van der Waals surface area contributed by atoms with E-state index in [1.54, 1.807) is 0 Å². The number of rotatable bonds is 11. The average molecular weight is 242 g/mol. The Kier molecular flexibility index (Phi) is 11.0. The Hall–Kier alpha value is -0.0400. The van der Waals surface area contributed by atoms with Crippen LogP contribution in [0.2, 0.25) is 0 Å². The fourth-order valence-electron chi connectivity index (χ4n) is 1.89. The van der Waals surface area contributed by atoms with Crippen LogP contribution >= 0.6 is 0 Å². The van der Waals surface area contributed by atoms with E-state index in [2.05, 4.69) is 27.7 Å². The van der Waals surface area contributed by atoms with E-state index in [9.17, 15) is 0 Å². The third-order valence-corrected chi connectivity index (χ3v) is 2.93. The first-order valence-corrected chi connectivity index (χ1v) is 7.64. The van der Waals surface area contributed by atoms with Crippen LogP contribution in [0.4, 0.5) is 0 Å². The van der Waals surface area contributed by atoms with E-state index in [0.29, 0.717) is 5.41 Å². The van der Waals surface area contributed by atoms with Crippen molar-refractivity contribution < 1.29 is 4.74 Å². The van der Waals surface area contributed by atoms with Crippen LogP contribution in [0, 0.1) is 5.41 Å². The van der Waals surface area contributed by atoms with Gasteiger partial charge in [0.1, 0.15) is 0 Å². The van der Waals surface area contributed by atoms with Gasteiger partial charge in [0.15, 0.2) is 0 Å². The van der Waals surface area contributed by atoms with Gasteiger partial charge in [0.05, 0.1) is 6.61 Å². The summed E-state index contributed by atoms with van der Waals surface area (Å²) in [5, 5.41) is 0. The molecule has 0 fully saturated rings. The summed E-state index contributed by atoms with van der Waals surface area (Å²) in [6, 6.07) is 0. The second-order valence-corrected chi connectivity index (χ2v) is 6.44. The zero-order valence-corrected chi connectivity index (χ0v) is 12.7. The van der Waals surface area contributed by atoms with Crippen molar-refractivity contribution in [3.8, 4) is 0 Å². The zero-order chi connectivity index (χ0) is 13.0. The highest BCUT2D eigenvalue weighted by molar-refractivity contribution is 4.58. The van der Waals surface area contributed by atoms with Crippen LogP contribution in [-0.4, -0.2) is 13.2 Å². The summed E-state index contributed by atoms with van der Waals surface area (Å²) in [6.45, 7) is 10.8. The fraction of sp³-hybridized carbons (Fsp3) is 1.00. The molecule has 0 saturated carbocycles. The molecule has 0 bridgehead atoms. The summed E-state index contributed by atoms with van der Waals surface area (Å²) in [7, 11) is 0. The van der Waals surface area contributed by atoms with Gasteiger partial charge >= 0.3 is 0 Å². The quantitative estimate of drug-likeness (QED) is 0.430. The lowest BCUT2D eigenvalue weighted by Crippen LogP contribution is -2.14. The summed E-state index contributed by atoms with van der Waals surface area (Å²) in [5.41, 5.74) is 0.319. The lowest BCUT2D eigenvalue weighted by molar-refractivity contribution is 0.0686. The Labute approximate surface area is 109 Å². The molecule has 0 aromatic rings. The van der Waals surface area contributed by atoms with Crippen molar-refractivity contribution >= 4 is 0 Å². The molecule has 0 aliphatic carbocycles. The Bertz CT molecular complexity index is 146. The molecule has 0 atom stereocenters. The molecule has 17 heavy (non-hydrogen) atoms. The summed E-state index contributed by atoms with van der Waals surface area (Å²) >= 11 is 0. The highest BCUT2D eigenvalue weighted by Crippen LogP contribution is 2.13. The summed E-state index contributed by atoms with van der Waals surface area (Å²) < 4.78 is 5.66. The molecule has 0 radical (unpaired) electrons. The van der Waals surface area contributed by atoms with Crippen LogP contribution in [0.5, 0.6) is 0 Å². The SMILES string of the molecule is CCCCCCCCCCCOCC(C)(C)C. The van der Waals surface area contributed by atoms with Crippen LogP contribution in [0.25, 0.3) is 0 Å². The van der Waals surface area contributed by atoms with E-state index in [-0.39, 0.29) is 0 Å². The highest BCUT2D eigenvalue weighted by atomic mass is 16.5. The third kappa shape index (κ3) is 16.0. The average Bonchev–Trinajstić information content (AvgIpc) is 2.24. The summed E-state index contributed by atoms with van der Waals surface area (Å²) in [6.07, 6.45) is 12.5. The van der Waals surface area contributed by atoms with Crippen molar-refractivity contribution in [1.82, 2.24) is 0 Å². The molecule has 1 nitrogen and oxygen atoms in total. The smallest absolute Gasteiger partial charge is 0.0514 e. The predicted octanol–water partition coefficient (Wildman–Crippen LogP) is 5.58. The van der Waals surface area contributed by atoms with Crippen molar-refractivity contribution in [2.75, 3.05) is 13.2 Å². The lowest BCUT2D eigenvalue weighted by Gasteiger charge is -2.17. The second-order valence-electron chi connectivity index (χ2n) is 6.44. The van der Waals surface area contributed by atoms with Gasteiger partial charge in [-0.25, -0.2) is 0 Å². The standard InChI is InChI=1S/C16H34O/c1-5-6-7-8-9-10-11-12-13-14-17-15-16(2,3)4/h5-15H2,1-4H3. The van der Waals surface area contributed by atoms with Gasteiger partial charge in [-0.3, -0.25) is 0 Å². The molecule has 0 aromatic carbocycles. The molecule has 0 spiro atoms. The first-order chi connectivity index (χ1) is 8.06. The topological polar surface area (TPSA) is 9.23 Å². The maximum atomic E-state index is 5.66. The van der Waals surface area contributed by atoms with Crippen molar-refractivity contribution in [2.24, 2.45) is 5.41 Å². The first-order valence-electron chi connectivity index (χ1n) is 7.64. The minimum atomic E-state index is 0.319. The van der Waals surface area contributed by atoms with E-state index in [0.717, 1.165) is 13.2 Å². The minimum absolute atomic E-state index is 0.319. The van der Waals surface area contributed by atoms with Crippen molar-refractivity contribution in [2.45, 2.75) is 85.5 Å². The van der Waals surface area contributed by atoms with Crippen LogP contribution < -0.4 is 0 Å². The van der Waals surface area contributed by atoms with Crippen molar-refractivity contribution in [1.29, 1.82) is 0 Å². The summed E-state index contributed by atoms with van der Waals surface area (Å²) in [5.74, 6) is 0. The van der Waals surface area contributed by atoms with Crippen molar-refractivity contribution in [3.63, 3.8) is 0 Å². The lowest BCUT2D eigenvalue weighted by atomic mass is 9.99. The molecule has 0 amide bonds. The van der Waals surface area contributed by atoms with E-state index < -0.39 is 0 Å². The van der Waals surface area contributed by atoms with Crippen LogP contribution in [0.15, 0.2) is 0 Å². The fourth-order valence-corrected chi connectivity index (χ4v) is 1.89. The first kappa shape index (κ1) is 17.0. The van der Waals surface area contributed by atoms with Crippen LogP contribution in [0.3, 0.4) is 0 Å². The minimum Gasteiger partial charge on any atom is -0.381 e.